The molecule has 1 aromatic heterocycles. The Morgan fingerprint density at radius 2 is 1.73 bits per heavy atom. The number of nitrogens with zero attached hydrogens (tertiary/aromatic N) is 3. The van der Waals surface area contributed by atoms with Gasteiger partial charge in [0.2, 0.25) is 0 Å². The van der Waals surface area contributed by atoms with Gasteiger partial charge < -0.3 is 15.4 Å². The van der Waals surface area contributed by atoms with Crippen molar-refractivity contribution in [1.82, 2.24) is 10.2 Å². The number of hydrogen-bond donors (Lipinski definition) is 2. The Balaban J connectivity index is 1.73. The molecular formula is C19H15N5O2. The molecule has 128 valence electrons. The minimum Gasteiger partial charge on any atom is -0.495 e. The fraction of sp³-hybridized carbons (Fsp3) is 0.0526. The van der Waals surface area contributed by atoms with Crippen LogP contribution in [0.5, 0.6) is 5.75 Å². The van der Waals surface area contributed by atoms with E-state index in [1.807, 2.05) is 30.3 Å². The molecule has 0 fully saturated rings. The standard InChI is InChI=1S/C19H15N5O2/c1-26-17-9-5-4-8-15(17)21-18-11-10-16(23-24-18)19(25)22-14-7-3-2-6-13(14)12-20/h2-11H,1H3,(H,21,24)(H,22,25). The van der Waals surface area contributed by atoms with E-state index in [0.29, 0.717) is 22.8 Å². The summed E-state index contributed by atoms with van der Waals surface area (Å²) in [6, 6.07) is 19.4. The molecule has 0 aliphatic rings. The van der Waals surface area contributed by atoms with Crippen LogP contribution < -0.4 is 15.4 Å². The molecule has 3 aromatic rings. The van der Waals surface area contributed by atoms with Crippen LogP contribution in [0.4, 0.5) is 17.2 Å². The quantitative estimate of drug-likeness (QED) is 0.735. The predicted octanol–water partition coefficient (Wildman–Crippen LogP) is 3.35. The van der Waals surface area contributed by atoms with Crippen molar-refractivity contribution >= 4 is 23.1 Å². The van der Waals surface area contributed by atoms with Crippen molar-refractivity contribution in [2.24, 2.45) is 0 Å². The Bertz CT molecular complexity index is 964. The monoisotopic (exact) mass is 345 g/mol. The summed E-state index contributed by atoms with van der Waals surface area (Å²) >= 11 is 0. The van der Waals surface area contributed by atoms with E-state index in [0.717, 1.165) is 5.69 Å². The molecule has 0 spiro atoms. The van der Waals surface area contributed by atoms with E-state index >= 15 is 0 Å². The number of methoxy groups -OCH3 is 1. The Kier molecular flexibility index (Phi) is 5.05. The van der Waals surface area contributed by atoms with Crippen LogP contribution in [-0.2, 0) is 0 Å². The van der Waals surface area contributed by atoms with Gasteiger partial charge in [-0.2, -0.15) is 5.26 Å². The number of hydrogen-bond acceptors (Lipinski definition) is 6. The molecule has 0 bridgehead atoms. The molecular weight excluding hydrogens is 330 g/mol. The molecule has 7 heteroatoms. The largest absolute Gasteiger partial charge is 0.495 e. The van der Waals surface area contributed by atoms with Gasteiger partial charge in [-0.05, 0) is 36.4 Å². The summed E-state index contributed by atoms with van der Waals surface area (Å²) in [6.07, 6.45) is 0. The maximum Gasteiger partial charge on any atom is 0.276 e. The third-order valence-corrected chi connectivity index (χ3v) is 3.56. The summed E-state index contributed by atoms with van der Waals surface area (Å²) < 4.78 is 5.27. The summed E-state index contributed by atoms with van der Waals surface area (Å²) in [5.41, 5.74) is 1.69. The first kappa shape index (κ1) is 16.9. The molecule has 0 aliphatic heterocycles. The van der Waals surface area contributed by atoms with Gasteiger partial charge in [0.25, 0.3) is 5.91 Å². The fourth-order valence-electron chi connectivity index (χ4n) is 2.28. The van der Waals surface area contributed by atoms with E-state index in [2.05, 4.69) is 20.8 Å². The predicted molar refractivity (Wildman–Crippen MR) is 97.4 cm³/mol. The highest BCUT2D eigenvalue weighted by molar-refractivity contribution is 6.03. The van der Waals surface area contributed by atoms with E-state index in [1.165, 1.54) is 0 Å². The summed E-state index contributed by atoms with van der Waals surface area (Å²) in [5, 5.41) is 22.8. The van der Waals surface area contributed by atoms with Crippen molar-refractivity contribution in [1.29, 1.82) is 5.26 Å². The first-order chi connectivity index (χ1) is 12.7. The number of para-hydroxylation sites is 3. The molecule has 3 rings (SSSR count). The number of nitrogens with one attached hydrogen (secondary N) is 2. The van der Waals surface area contributed by atoms with E-state index in [-0.39, 0.29) is 5.69 Å². The van der Waals surface area contributed by atoms with Crippen molar-refractivity contribution in [2.45, 2.75) is 0 Å². The second kappa shape index (κ2) is 7.77. The number of anilines is 3. The van der Waals surface area contributed by atoms with Crippen LogP contribution in [0.1, 0.15) is 16.1 Å². The molecule has 2 N–H and O–H groups in total. The van der Waals surface area contributed by atoms with E-state index in [4.69, 9.17) is 10.00 Å². The second-order valence-electron chi connectivity index (χ2n) is 5.24. The minimum atomic E-state index is -0.441. The van der Waals surface area contributed by atoms with Gasteiger partial charge in [0.1, 0.15) is 11.8 Å². The summed E-state index contributed by atoms with van der Waals surface area (Å²) in [6.45, 7) is 0. The van der Waals surface area contributed by atoms with Crippen molar-refractivity contribution in [3.63, 3.8) is 0 Å². The van der Waals surface area contributed by atoms with Crippen molar-refractivity contribution < 1.29 is 9.53 Å². The average molecular weight is 345 g/mol. The molecule has 7 nitrogen and oxygen atoms in total. The zero-order chi connectivity index (χ0) is 18.4. The molecule has 1 heterocycles. The van der Waals surface area contributed by atoms with Crippen LogP contribution >= 0.6 is 0 Å². The number of amides is 1. The fourth-order valence-corrected chi connectivity index (χ4v) is 2.28. The SMILES string of the molecule is COc1ccccc1Nc1ccc(C(=O)Nc2ccccc2C#N)nn1. The highest BCUT2D eigenvalue weighted by Gasteiger charge is 2.11. The number of benzene rings is 2. The topological polar surface area (TPSA) is 99.9 Å². The van der Waals surface area contributed by atoms with Crippen LogP contribution in [0, 0.1) is 11.3 Å². The van der Waals surface area contributed by atoms with E-state index in [1.54, 1.807) is 43.5 Å². The Labute approximate surface area is 150 Å². The molecule has 2 aromatic carbocycles. The number of ether oxygens (including phenoxy) is 1. The lowest BCUT2D eigenvalue weighted by Crippen LogP contribution is -2.15. The summed E-state index contributed by atoms with van der Waals surface area (Å²) in [7, 11) is 1.58. The first-order valence-corrected chi connectivity index (χ1v) is 7.75. The van der Waals surface area contributed by atoms with E-state index in [9.17, 15) is 4.79 Å². The van der Waals surface area contributed by atoms with Gasteiger partial charge >= 0.3 is 0 Å². The number of rotatable bonds is 5. The van der Waals surface area contributed by atoms with Crippen LogP contribution in [0.2, 0.25) is 0 Å². The molecule has 0 unspecified atom stereocenters. The highest BCUT2D eigenvalue weighted by atomic mass is 16.5. The third-order valence-electron chi connectivity index (χ3n) is 3.56. The lowest BCUT2D eigenvalue weighted by molar-refractivity contribution is 0.102. The van der Waals surface area contributed by atoms with Gasteiger partial charge in [-0.25, -0.2) is 0 Å². The van der Waals surface area contributed by atoms with Crippen molar-refractivity contribution in [3.8, 4) is 11.8 Å². The van der Waals surface area contributed by atoms with E-state index < -0.39 is 5.91 Å². The Morgan fingerprint density at radius 1 is 1.00 bits per heavy atom. The van der Waals surface area contributed by atoms with Crippen LogP contribution in [0.25, 0.3) is 0 Å². The molecule has 0 aliphatic carbocycles. The normalized spacial score (nSPS) is 9.85. The molecule has 0 saturated heterocycles. The lowest BCUT2D eigenvalue weighted by Gasteiger charge is -2.10. The van der Waals surface area contributed by atoms with Crippen LogP contribution in [-0.4, -0.2) is 23.2 Å². The number of aromatic nitrogens is 2. The maximum absolute atomic E-state index is 12.3. The average Bonchev–Trinajstić information content (AvgIpc) is 2.69. The van der Waals surface area contributed by atoms with Crippen molar-refractivity contribution in [3.05, 3.63) is 71.9 Å². The minimum absolute atomic E-state index is 0.142. The Morgan fingerprint density at radius 3 is 2.42 bits per heavy atom. The highest BCUT2D eigenvalue weighted by Crippen LogP contribution is 2.25. The van der Waals surface area contributed by atoms with Gasteiger partial charge in [0.15, 0.2) is 11.5 Å². The molecule has 0 radical (unpaired) electrons. The first-order valence-electron chi connectivity index (χ1n) is 7.75. The maximum atomic E-state index is 12.3. The number of carbonyl (C=O) groups is 1. The van der Waals surface area contributed by atoms with Gasteiger partial charge in [-0.15, -0.1) is 10.2 Å². The zero-order valence-electron chi connectivity index (χ0n) is 13.9. The van der Waals surface area contributed by atoms with Crippen LogP contribution in [0.3, 0.4) is 0 Å². The van der Waals surface area contributed by atoms with Gasteiger partial charge in [-0.3, -0.25) is 4.79 Å². The van der Waals surface area contributed by atoms with Gasteiger partial charge in [-0.1, -0.05) is 24.3 Å². The second-order valence-corrected chi connectivity index (χ2v) is 5.24. The smallest absolute Gasteiger partial charge is 0.276 e. The summed E-state index contributed by atoms with van der Waals surface area (Å²) in [5.74, 6) is 0.705. The number of carbonyl (C=O) groups excluding carboxylic acids is 1. The molecule has 26 heavy (non-hydrogen) atoms. The van der Waals surface area contributed by atoms with Gasteiger partial charge in [0.05, 0.1) is 24.0 Å². The zero-order valence-corrected chi connectivity index (χ0v) is 13.9. The number of nitriles is 1. The third kappa shape index (κ3) is 3.76. The Hall–Kier alpha value is -3.92. The van der Waals surface area contributed by atoms with Crippen molar-refractivity contribution in [2.75, 3.05) is 17.7 Å². The molecule has 0 atom stereocenters. The molecule has 0 saturated carbocycles. The summed E-state index contributed by atoms with van der Waals surface area (Å²) in [4.78, 5) is 12.3. The molecule has 1 amide bonds. The van der Waals surface area contributed by atoms with Gasteiger partial charge in [0, 0.05) is 0 Å². The van der Waals surface area contributed by atoms with Crippen LogP contribution in [0.15, 0.2) is 60.7 Å². The lowest BCUT2D eigenvalue weighted by atomic mass is 10.2.